The zero-order chi connectivity index (χ0) is 26.6. The molecule has 0 radical (unpaired) electrons. The van der Waals surface area contributed by atoms with Gasteiger partial charge in [-0.25, -0.2) is 4.79 Å². The van der Waals surface area contributed by atoms with E-state index in [1.807, 2.05) is 31.2 Å². The van der Waals surface area contributed by atoms with Crippen molar-refractivity contribution in [3.8, 4) is 0 Å². The van der Waals surface area contributed by atoms with Crippen LogP contribution in [0.25, 0.3) is 0 Å². The number of hydrogen-bond donors (Lipinski definition) is 3. The predicted octanol–water partition coefficient (Wildman–Crippen LogP) is 4.32. The van der Waals surface area contributed by atoms with Gasteiger partial charge in [-0.3, -0.25) is 14.9 Å². The molecule has 1 fully saturated rings. The molecule has 12 heteroatoms. The molecule has 0 bridgehead atoms. The van der Waals surface area contributed by atoms with Crippen molar-refractivity contribution in [1.82, 2.24) is 15.5 Å². The molecule has 2 heterocycles. The number of carboxylic acid groups (broad SMARTS) is 1. The first-order valence-corrected chi connectivity index (χ1v) is 12.3. The van der Waals surface area contributed by atoms with Crippen LogP contribution in [0.5, 0.6) is 0 Å². The van der Waals surface area contributed by atoms with Gasteiger partial charge in [0.1, 0.15) is 10.8 Å². The third-order valence-electron chi connectivity index (χ3n) is 5.33. The fourth-order valence-electron chi connectivity index (χ4n) is 3.51. The highest BCUT2D eigenvalue weighted by molar-refractivity contribution is 7.15. The lowest BCUT2D eigenvalue weighted by molar-refractivity contribution is -0.192. The number of aliphatic carboxylic acids is 1. The van der Waals surface area contributed by atoms with Gasteiger partial charge in [0, 0.05) is 6.42 Å². The maximum atomic E-state index is 12.7. The number of aryl methyl sites for hydroxylation is 2. The Bertz CT molecular complexity index is 1020. The standard InChI is InChI=1S/C22H28N4O2S.C2HF3O2/c1-16-25-26-22(29-16)24-21(28)13-12-18(11-10-17-7-3-2-4-8-17)15-20(27)19-9-5-6-14-23-19;3-2(4,5)1(6)7/h2-4,7-8,12-13,18-19,23H,5-6,9-11,14-15H2,1H3,(H,24,26,28);(H,6,7)/b13-12+;/t18-,19-;/m0./s1. The molecule has 1 aliphatic heterocycles. The normalized spacial score (nSPS) is 16.6. The van der Waals surface area contributed by atoms with Crippen molar-refractivity contribution in [3.05, 3.63) is 53.1 Å². The molecule has 3 rings (SSSR count). The molecule has 1 amide bonds. The van der Waals surface area contributed by atoms with Crippen LogP contribution in [0.3, 0.4) is 0 Å². The third-order valence-corrected chi connectivity index (χ3v) is 6.08. The first-order valence-electron chi connectivity index (χ1n) is 11.4. The number of benzene rings is 1. The number of hydrogen-bond acceptors (Lipinski definition) is 7. The van der Waals surface area contributed by atoms with Gasteiger partial charge in [-0.1, -0.05) is 54.2 Å². The van der Waals surface area contributed by atoms with Crippen molar-refractivity contribution in [3.63, 3.8) is 0 Å². The highest BCUT2D eigenvalue weighted by atomic mass is 32.1. The van der Waals surface area contributed by atoms with Crippen LogP contribution in [-0.2, 0) is 20.8 Å². The van der Waals surface area contributed by atoms with Gasteiger partial charge in [0.15, 0.2) is 0 Å². The van der Waals surface area contributed by atoms with Gasteiger partial charge in [-0.2, -0.15) is 13.2 Å². The second kappa shape index (κ2) is 14.4. The molecule has 36 heavy (non-hydrogen) atoms. The van der Waals surface area contributed by atoms with E-state index in [9.17, 15) is 22.8 Å². The van der Waals surface area contributed by atoms with E-state index in [1.165, 1.54) is 23.0 Å². The highest BCUT2D eigenvalue weighted by Gasteiger charge is 2.38. The summed E-state index contributed by atoms with van der Waals surface area (Å²) in [6.45, 7) is 2.75. The van der Waals surface area contributed by atoms with Crippen molar-refractivity contribution in [2.24, 2.45) is 5.92 Å². The number of nitrogens with zero attached hydrogens (tertiary/aromatic N) is 2. The number of anilines is 1. The van der Waals surface area contributed by atoms with E-state index >= 15 is 0 Å². The van der Waals surface area contributed by atoms with Crippen LogP contribution in [0.15, 0.2) is 42.5 Å². The molecular formula is C24H29F3N4O4S. The minimum atomic E-state index is -5.08. The van der Waals surface area contributed by atoms with Gasteiger partial charge in [-0.05, 0) is 56.7 Å². The first kappa shape index (κ1) is 29.1. The second-order valence-electron chi connectivity index (χ2n) is 8.23. The van der Waals surface area contributed by atoms with Gasteiger partial charge < -0.3 is 10.4 Å². The Morgan fingerprint density at radius 1 is 1.22 bits per heavy atom. The summed E-state index contributed by atoms with van der Waals surface area (Å²) in [6, 6.07) is 10.2. The Morgan fingerprint density at radius 3 is 2.47 bits per heavy atom. The molecule has 0 spiro atoms. The van der Waals surface area contributed by atoms with E-state index in [0.717, 1.165) is 43.7 Å². The van der Waals surface area contributed by atoms with Crippen molar-refractivity contribution >= 4 is 34.1 Å². The second-order valence-corrected chi connectivity index (χ2v) is 9.42. The largest absolute Gasteiger partial charge is 0.490 e. The van der Waals surface area contributed by atoms with Crippen molar-refractivity contribution in [2.75, 3.05) is 11.9 Å². The maximum absolute atomic E-state index is 12.7. The van der Waals surface area contributed by atoms with Gasteiger partial charge >= 0.3 is 12.1 Å². The number of carboxylic acids is 1. The van der Waals surface area contributed by atoms with E-state index < -0.39 is 12.1 Å². The van der Waals surface area contributed by atoms with Gasteiger partial charge in [0.25, 0.3) is 0 Å². The Kier molecular flexibility index (Phi) is 11.7. The summed E-state index contributed by atoms with van der Waals surface area (Å²) in [5.74, 6) is -2.73. The predicted molar refractivity (Wildman–Crippen MR) is 130 cm³/mol. The number of allylic oxidation sites excluding steroid dienone is 1. The number of alkyl halides is 3. The molecule has 8 nitrogen and oxygen atoms in total. The summed E-state index contributed by atoms with van der Waals surface area (Å²) in [5.41, 5.74) is 1.24. The summed E-state index contributed by atoms with van der Waals surface area (Å²) < 4.78 is 31.7. The number of carbonyl (C=O) groups excluding carboxylic acids is 2. The summed E-state index contributed by atoms with van der Waals surface area (Å²) in [6.07, 6.45) is 3.59. The Hall–Kier alpha value is -3.12. The molecule has 1 aromatic heterocycles. The van der Waals surface area contributed by atoms with E-state index in [1.54, 1.807) is 0 Å². The van der Waals surface area contributed by atoms with Crippen molar-refractivity contribution < 1.29 is 32.7 Å². The molecule has 2 atom stereocenters. The molecule has 0 unspecified atom stereocenters. The van der Waals surface area contributed by atoms with E-state index in [0.29, 0.717) is 11.6 Å². The van der Waals surface area contributed by atoms with Crippen molar-refractivity contribution in [1.29, 1.82) is 0 Å². The lowest BCUT2D eigenvalue weighted by atomic mass is 9.90. The van der Waals surface area contributed by atoms with Crippen LogP contribution in [0.4, 0.5) is 18.3 Å². The van der Waals surface area contributed by atoms with Gasteiger partial charge in [-0.15, -0.1) is 10.2 Å². The molecule has 1 saturated heterocycles. The lowest BCUT2D eigenvalue weighted by Gasteiger charge is -2.23. The molecule has 1 aromatic carbocycles. The Morgan fingerprint density at radius 2 is 1.92 bits per heavy atom. The third kappa shape index (κ3) is 11.1. The fourth-order valence-corrected chi connectivity index (χ4v) is 4.10. The zero-order valence-corrected chi connectivity index (χ0v) is 20.6. The summed E-state index contributed by atoms with van der Waals surface area (Å²) >= 11 is 1.34. The van der Waals surface area contributed by atoms with Gasteiger partial charge in [0.05, 0.1) is 6.04 Å². The van der Waals surface area contributed by atoms with Crippen LogP contribution < -0.4 is 10.6 Å². The molecular weight excluding hydrogens is 497 g/mol. The molecule has 196 valence electrons. The summed E-state index contributed by atoms with van der Waals surface area (Å²) in [4.78, 5) is 33.9. The topological polar surface area (TPSA) is 121 Å². The minimum Gasteiger partial charge on any atom is -0.475 e. The number of halogens is 3. The number of ketones is 1. The van der Waals surface area contributed by atoms with Crippen LogP contribution >= 0.6 is 11.3 Å². The fraction of sp³-hybridized carbons (Fsp3) is 0.458. The maximum Gasteiger partial charge on any atom is 0.490 e. The Labute approximate surface area is 211 Å². The highest BCUT2D eigenvalue weighted by Crippen LogP contribution is 2.20. The summed E-state index contributed by atoms with van der Waals surface area (Å²) in [5, 5.41) is 22.3. The number of aromatic nitrogens is 2. The number of amides is 1. The average Bonchev–Trinajstić information content (AvgIpc) is 3.26. The van der Waals surface area contributed by atoms with Crippen molar-refractivity contribution in [2.45, 2.75) is 57.7 Å². The average molecular weight is 527 g/mol. The lowest BCUT2D eigenvalue weighted by Crippen LogP contribution is -2.41. The number of carbonyl (C=O) groups is 3. The van der Waals surface area contributed by atoms with Gasteiger partial charge in [0.2, 0.25) is 11.0 Å². The SMILES string of the molecule is Cc1nnc(NC(=O)/C=C/[C@H](CCc2ccccc2)CC(=O)[C@@H]2CCCCN2)s1.O=C(O)C(F)(F)F. The van der Waals surface area contributed by atoms with Crippen LogP contribution in [0.1, 0.15) is 42.7 Å². The monoisotopic (exact) mass is 526 g/mol. The van der Waals surface area contributed by atoms with E-state index in [-0.39, 0.29) is 23.7 Å². The number of rotatable bonds is 9. The smallest absolute Gasteiger partial charge is 0.475 e. The number of nitrogens with one attached hydrogen (secondary N) is 2. The zero-order valence-electron chi connectivity index (χ0n) is 19.8. The molecule has 3 N–H and O–H groups in total. The van der Waals surface area contributed by atoms with E-state index in [2.05, 4.69) is 33.0 Å². The van der Waals surface area contributed by atoms with Crippen LogP contribution in [-0.4, -0.2) is 51.7 Å². The number of Topliss-reactive ketones (excluding diaryl/α,β-unsaturated/α-hetero) is 1. The number of piperidine rings is 1. The Balaban J connectivity index is 0.000000572. The molecule has 0 saturated carbocycles. The van der Waals surface area contributed by atoms with E-state index in [4.69, 9.17) is 9.90 Å². The first-order chi connectivity index (χ1) is 17.0. The quantitative estimate of drug-likeness (QED) is 0.416. The molecule has 2 aromatic rings. The molecule has 1 aliphatic rings. The molecule has 0 aliphatic carbocycles. The minimum absolute atomic E-state index is 0.0216. The summed E-state index contributed by atoms with van der Waals surface area (Å²) in [7, 11) is 0. The van der Waals surface area contributed by atoms with Crippen LogP contribution in [0, 0.1) is 12.8 Å². The van der Waals surface area contributed by atoms with Crippen LogP contribution in [0.2, 0.25) is 0 Å².